The molecule has 1 aromatic heterocycles. The van der Waals surface area contributed by atoms with E-state index in [9.17, 15) is 14.3 Å². The number of aromatic nitrogens is 1. The van der Waals surface area contributed by atoms with Crippen molar-refractivity contribution in [3.63, 3.8) is 0 Å². The zero-order chi connectivity index (χ0) is 18.2. The lowest BCUT2D eigenvalue weighted by Crippen LogP contribution is -2.44. The number of rotatable bonds is 3. The third kappa shape index (κ3) is 3.08. The molecular weight excluding hydrogens is 345 g/mol. The fraction of sp³-hybridized carbons (Fsp3) is 0.111. The Morgan fingerprint density at radius 3 is 2.60 bits per heavy atom. The number of nitrogens with one attached hydrogen (secondary N) is 1. The molecule has 0 spiro atoms. The van der Waals surface area contributed by atoms with Crippen LogP contribution in [0.3, 0.4) is 0 Å². The number of dihydropyridines is 1. The third-order valence-electron chi connectivity index (χ3n) is 3.94. The van der Waals surface area contributed by atoms with E-state index < -0.39 is 16.8 Å². The molecule has 0 amide bonds. The average Bonchev–Trinajstić information content (AvgIpc) is 2.55. The molecule has 0 saturated heterocycles. The largest absolute Gasteiger partial charge is 0.478 e. The van der Waals surface area contributed by atoms with Gasteiger partial charge in [0, 0.05) is 17.5 Å². The first kappa shape index (κ1) is 17.0. The van der Waals surface area contributed by atoms with E-state index in [-0.39, 0.29) is 11.4 Å². The molecule has 25 heavy (non-hydrogen) atoms. The van der Waals surface area contributed by atoms with Crippen LogP contribution in [0.5, 0.6) is 0 Å². The van der Waals surface area contributed by atoms with Gasteiger partial charge in [0.1, 0.15) is 11.6 Å². The van der Waals surface area contributed by atoms with Gasteiger partial charge in [-0.15, -0.1) is 0 Å². The van der Waals surface area contributed by atoms with Gasteiger partial charge in [-0.2, -0.15) is 0 Å². The fourth-order valence-corrected chi connectivity index (χ4v) is 3.11. The molecule has 1 aliphatic heterocycles. The second kappa shape index (κ2) is 6.22. The number of carboxylic acids is 1. The Morgan fingerprint density at radius 1 is 1.32 bits per heavy atom. The summed E-state index contributed by atoms with van der Waals surface area (Å²) < 4.78 is 13.3. The van der Waals surface area contributed by atoms with Gasteiger partial charge in [0.15, 0.2) is 5.00 Å². The molecule has 0 fully saturated rings. The molecule has 4 N–H and O–H groups in total. The van der Waals surface area contributed by atoms with Crippen molar-refractivity contribution < 1.29 is 14.3 Å². The second-order valence-electron chi connectivity index (χ2n) is 5.67. The fourth-order valence-electron chi connectivity index (χ4n) is 2.72. The lowest BCUT2D eigenvalue weighted by atomic mass is 9.88. The first-order chi connectivity index (χ1) is 11.8. The number of halogens is 2. The highest BCUT2D eigenvalue weighted by atomic mass is 35.5. The number of nitrogens with zero attached hydrogens (tertiary/aromatic N) is 1. The van der Waals surface area contributed by atoms with Gasteiger partial charge in [-0.1, -0.05) is 23.7 Å². The molecule has 1 aliphatic rings. The van der Waals surface area contributed by atoms with Gasteiger partial charge in [-0.3, -0.25) is 4.98 Å². The number of hydrogen-bond donors (Lipinski definition) is 3. The molecule has 2 heterocycles. The van der Waals surface area contributed by atoms with Gasteiger partial charge < -0.3 is 16.2 Å². The van der Waals surface area contributed by atoms with E-state index in [1.807, 2.05) is 6.92 Å². The number of hydrogen-bond acceptors (Lipinski definition) is 4. The zero-order valence-electron chi connectivity index (χ0n) is 13.3. The standard InChI is InChI=1S/C18H15ClFN3O2/c1-10-8-11(6-7-22-10)15-9-14(17(24)25)16(21)23-18(15,19)12-2-4-13(20)5-3-12/h2-9,23H,21H2,1H3,(H,24,25). The Hall–Kier alpha value is -2.86. The van der Waals surface area contributed by atoms with E-state index in [2.05, 4.69) is 10.3 Å². The molecule has 1 aromatic carbocycles. The van der Waals surface area contributed by atoms with Crippen LogP contribution in [0.1, 0.15) is 16.8 Å². The summed E-state index contributed by atoms with van der Waals surface area (Å²) in [5, 5.41) is 12.2. The van der Waals surface area contributed by atoms with Gasteiger partial charge in [-0.05, 0) is 48.4 Å². The van der Waals surface area contributed by atoms with Crippen LogP contribution in [-0.2, 0) is 9.79 Å². The summed E-state index contributed by atoms with van der Waals surface area (Å²) in [6.45, 7) is 1.82. The average molecular weight is 360 g/mol. The van der Waals surface area contributed by atoms with Crippen LogP contribution in [0, 0.1) is 12.7 Å². The lowest BCUT2D eigenvalue weighted by Gasteiger charge is -2.36. The van der Waals surface area contributed by atoms with Crippen LogP contribution >= 0.6 is 11.6 Å². The second-order valence-corrected chi connectivity index (χ2v) is 6.23. The number of nitrogens with two attached hydrogens (primary N) is 1. The normalized spacial score (nSPS) is 20.0. The first-order valence-electron chi connectivity index (χ1n) is 7.42. The van der Waals surface area contributed by atoms with Crippen molar-refractivity contribution in [3.8, 4) is 0 Å². The smallest absolute Gasteiger partial charge is 0.339 e. The molecule has 7 heteroatoms. The molecule has 1 atom stereocenters. The Kier molecular flexibility index (Phi) is 4.22. The summed E-state index contributed by atoms with van der Waals surface area (Å²) >= 11 is 6.84. The van der Waals surface area contributed by atoms with Crippen LogP contribution in [-0.4, -0.2) is 16.1 Å². The summed E-state index contributed by atoms with van der Waals surface area (Å²) in [5.74, 6) is -1.65. The topological polar surface area (TPSA) is 88.2 Å². The SMILES string of the molecule is Cc1cc(C2=CC(C(=O)O)=C(N)NC2(Cl)c2ccc(F)cc2)ccn1. The van der Waals surface area contributed by atoms with Crippen LogP contribution < -0.4 is 11.1 Å². The molecule has 1 unspecified atom stereocenters. The number of alkyl halides is 1. The van der Waals surface area contributed by atoms with Crippen molar-refractivity contribution in [3.05, 3.63) is 82.7 Å². The van der Waals surface area contributed by atoms with Crippen LogP contribution in [0.25, 0.3) is 5.57 Å². The van der Waals surface area contributed by atoms with E-state index in [4.69, 9.17) is 17.3 Å². The number of aliphatic carboxylic acids is 1. The van der Waals surface area contributed by atoms with Crippen LogP contribution in [0.15, 0.2) is 60.1 Å². The Bertz CT molecular complexity index is 909. The quantitative estimate of drug-likeness (QED) is 0.579. The van der Waals surface area contributed by atoms with Crippen LogP contribution in [0.4, 0.5) is 4.39 Å². The number of carbonyl (C=O) groups is 1. The molecule has 128 valence electrons. The van der Waals surface area contributed by atoms with Crippen molar-refractivity contribution in [2.75, 3.05) is 0 Å². The maximum atomic E-state index is 13.3. The van der Waals surface area contributed by atoms with Crippen molar-refractivity contribution in [1.82, 2.24) is 10.3 Å². The van der Waals surface area contributed by atoms with E-state index >= 15 is 0 Å². The van der Waals surface area contributed by atoms with Crippen LogP contribution in [0.2, 0.25) is 0 Å². The van der Waals surface area contributed by atoms with Gasteiger partial charge >= 0.3 is 5.97 Å². The molecule has 0 bridgehead atoms. The minimum atomic E-state index is -1.34. The van der Waals surface area contributed by atoms with E-state index in [1.54, 1.807) is 18.3 Å². The number of pyridine rings is 1. The molecule has 0 aliphatic carbocycles. The van der Waals surface area contributed by atoms with Crippen molar-refractivity contribution in [2.45, 2.75) is 11.9 Å². The monoisotopic (exact) mass is 359 g/mol. The van der Waals surface area contributed by atoms with Crippen molar-refractivity contribution in [2.24, 2.45) is 5.73 Å². The number of aryl methyl sites for hydroxylation is 1. The number of benzene rings is 1. The van der Waals surface area contributed by atoms with Crippen molar-refractivity contribution in [1.29, 1.82) is 0 Å². The molecular formula is C18H15ClFN3O2. The highest BCUT2D eigenvalue weighted by molar-refractivity contribution is 6.30. The highest BCUT2D eigenvalue weighted by Crippen LogP contribution is 2.43. The summed E-state index contributed by atoms with van der Waals surface area (Å²) in [6, 6.07) is 9.12. The molecule has 0 saturated carbocycles. The third-order valence-corrected chi connectivity index (χ3v) is 4.45. The highest BCUT2D eigenvalue weighted by Gasteiger charge is 2.39. The lowest BCUT2D eigenvalue weighted by molar-refractivity contribution is -0.132. The maximum Gasteiger partial charge on any atom is 0.339 e. The van der Waals surface area contributed by atoms with E-state index in [0.29, 0.717) is 16.7 Å². The number of carboxylic acid groups (broad SMARTS) is 1. The Labute approximate surface area is 148 Å². The Balaban J connectivity index is 2.22. The maximum absolute atomic E-state index is 13.3. The summed E-state index contributed by atoms with van der Waals surface area (Å²) in [5.41, 5.74) is 8.22. The summed E-state index contributed by atoms with van der Waals surface area (Å²) in [6.07, 6.45) is 3.04. The minimum absolute atomic E-state index is 0.0682. The van der Waals surface area contributed by atoms with Crippen molar-refractivity contribution >= 4 is 23.1 Å². The molecule has 0 radical (unpaired) electrons. The van der Waals surface area contributed by atoms with Gasteiger partial charge in [-0.25, -0.2) is 9.18 Å². The van der Waals surface area contributed by atoms with E-state index in [1.165, 1.54) is 30.3 Å². The zero-order valence-corrected chi connectivity index (χ0v) is 14.0. The minimum Gasteiger partial charge on any atom is -0.478 e. The van der Waals surface area contributed by atoms with E-state index in [0.717, 1.165) is 5.69 Å². The molecule has 2 aromatic rings. The Morgan fingerprint density at radius 2 is 2.00 bits per heavy atom. The predicted molar refractivity (Wildman–Crippen MR) is 92.9 cm³/mol. The van der Waals surface area contributed by atoms with Gasteiger partial charge in [0.2, 0.25) is 0 Å². The van der Waals surface area contributed by atoms with Gasteiger partial charge in [0.25, 0.3) is 0 Å². The molecule has 5 nitrogen and oxygen atoms in total. The van der Waals surface area contributed by atoms with Gasteiger partial charge in [0.05, 0.1) is 5.57 Å². The summed E-state index contributed by atoms with van der Waals surface area (Å²) in [7, 11) is 0. The predicted octanol–water partition coefficient (Wildman–Crippen LogP) is 2.86. The summed E-state index contributed by atoms with van der Waals surface area (Å²) in [4.78, 5) is 14.3. The first-order valence-corrected chi connectivity index (χ1v) is 7.80. The molecule has 3 rings (SSSR count).